The van der Waals surface area contributed by atoms with Crippen LogP contribution in [0.25, 0.3) is 11.1 Å². The van der Waals surface area contributed by atoms with Gasteiger partial charge in [0.05, 0.1) is 5.69 Å². The number of thioether (sulfide) groups is 1. The van der Waals surface area contributed by atoms with Gasteiger partial charge in [-0.2, -0.15) is 4.57 Å². The number of rotatable bonds is 3. The molecule has 1 aliphatic heterocycles. The fourth-order valence-electron chi connectivity index (χ4n) is 3.46. The molecule has 6 heteroatoms. The Labute approximate surface area is 173 Å². The molecule has 3 heterocycles. The topological polar surface area (TPSA) is 29.1 Å². The minimum absolute atomic E-state index is 0.0941. The number of nitrogens with zero attached hydrogens (tertiary/aromatic N) is 3. The molecule has 0 N–H and O–H groups in total. The lowest BCUT2D eigenvalue weighted by atomic mass is 10.2. The van der Waals surface area contributed by atoms with Gasteiger partial charge >= 0.3 is 0 Å². The van der Waals surface area contributed by atoms with E-state index in [4.69, 9.17) is 0 Å². The first kappa shape index (κ1) is 19.0. The number of aromatic nitrogens is 2. The first-order chi connectivity index (χ1) is 13.5. The van der Waals surface area contributed by atoms with Crippen molar-refractivity contribution < 1.29 is 4.57 Å². The summed E-state index contributed by atoms with van der Waals surface area (Å²) in [6.07, 6.45) is 4.20. The van der Waals surface area contributed by atoms with Gasteiger partial charge < -0.3 is 4.90 Å². The van der Waals surface area contributed by atoms with Gasteiger partial charge in [0.15, 0.2) is 6.20 Å². The second kappa shape index (κ2) is 7.60. The van der Waals surface area contributed by atoms with Crippen LogP contribution >= 0.6 is 23.1 Å². The quantitative estimate of drug-likeness (QED) is 0.622. The van der Waals surface area contributed by atoms with Crippen molar-refractivity contribution in [1.82, 2.24) is 4.57 Å². The Morgan fingerprint density at radius 2 is 2.00 bits per heavy atom. The van der Waals surface area contributed by atoms with Gasteiger partial charge in [0.1, 0.15) is 20.8 Å². The van der Waals surface area contributed by atoms with Gasteiger partial charge in [0, 0.05) is 36.7 Å². The number of hydrogen-bond acceptors (Lipinski definition) is 4. The van der Waals surface area contributed by atoms with Crippen LogP contribution in [0.3, 0.4) is 0 Å². The van der Waals surface area contributed by atoms with Crippen LogP contribution in [-0.2, 0) is 13.1 Å². The maximum Gasteiger partial charge on any atom is 0.271 e. The molecule has 0 atom stereocenters. The molecule has 0 fully saturated rings. The lowest BCUT2D eigenvalue weighted by Gasteiger charge is -2.12. The molecule has 28 heavy (non-hydrogen) atoms. The zero-order valence-electron chi connectivity index (χ0n) is 16.6. The fraction of sp³-hybridized carbons (Fsp3) is 0.273. The molecular formula is C22H24N3OS2+. The molecule has 2 aromatic heterocycles. The summed E-state index contributed by atoms with van der Waals surface area (Å²) in [6.45, 7) is 7.81. The van der Waals surface area contributed by atoms with Crippen molar-refractivity contribution in [3.8, 4) is 0 Å². The SMILES string of the molecule is CCn1c(=O)/c(=C2\Sc3ccc(C)cc3N2C)s/c1=C\c1cccc[n+]1CC. The lowest BCUT2D eigenvalue weighted by Crippen LogP contribution is -2.36. The van der Waals surface area contributed by atoms with Gasteiger partial charge in [0.2, 0.25) is 5.69 Å². The third-order valence-corrected chi connectivity index (χ3v) is 7.48. The van der Waals surface area contributed by atoms with E-state index < -0.39 is 0 Å². The third kappa shape index (κ3) is 3.20. The molecule has 4 rings (SSSR count). The molecule has 0 aliphatic carbocycles. The van der Waals surface area contributed by atoms with E-state index in [1.807, 2.05) is 23.6 Å². The number of pyridine rings is 1. The number of hydrogen-bond donors (Lipinski definition) is 0. The molecule has 0 saturated carbocycles. The van der Waals surface area contributed by atoms with Gasteiger partial charge in [-0.3, -0.25) is 9.36 Å². The standard InChI is InChI=1S/C22H24N3OS2/c1-5-24-12-8-7-9-16(24)14-19-25(6-2)21(26)20(28-19)22-23(4)17-13-15(3)10-11-18(17)27-22/h7-14H,5-6H2,1-4H3/q+1/b22-20+. The molecule has 0 bridgehead atoms. The molecule has 1 aliphatic rings. The summed E-state index contributed by atoms with van der Waals surface area (Å²) in [4.78, 5) is 16.6. The highest BCUT2D eigenvalue weighted by molar-refractivity contribution is 8.08. The highest BCUT2D eigenvalue weighted by atomic mass is 32.2. The fourth-order valence-corrected chi connectivity index (χ4v) is 5.90. The number of aryl methyl sites for hydroxylation is 2. The highest BCUT2D eigenvalue weighted by Gasteiger charge is 2.24. The van der Waals surface area contributed by atoms with Gasteiger partial charge in [-0.15, -0.1) is 11.3 Å². The second-order valence-corrected chi connectivity index (χ2v) is 8.87. The molecule has 3 aromatic rings. The van der Waals surface area contributed by atoms with Crippen molar-refractivity contribution in [2.24, 2.45) is 0 Å². The van der Waals surface area contributed by atoms with Gasteiger partial charge in [-0.25, -0.2) is 0 Å². The van der Waals surface area contributed by atoms with Crippen LogP contribution in [0.15, 0.2) is 52.3 Å². The molecule has 0 radical (unpaired) electrons. The Hall–Kier alpha value is -2.31. The summed E-state index contributed by atoms with van der Waals surface area (Å²) < 4.78 is 5.87. The van der Waals surface area contributed by atoms with Crippen molar-refractivity contribution in [3.63, 3.8) is 0 Å². The predicted molar refractivity (Wildman–Crippen MR) is 118 cm³/mol. The van der Waals surface area contributed by atoms with E-state index in [1.165, 1.54) is 16.1 Å². The van der Waals surface area contributed by atoms with Gasteiger partial charge in [-0.05, 0) is 44.5 Å². The van der Waals surface area contributed by atoms with E-state index in [1.54, 1.807) is 23.1 Å². The first-order valence-electron chi connectivity index (χ1n) is 9.49. The summed E-state index contributed by atoms with van der Waals surface area (Å²) in [7, 11) is 2.05. The molecule has 0 saturated heterocycles. The smallest absolute Gasteiger partial charge is 0.271 e. The molecule has 0 amide bonds. The molecular weight excluding hydrogens is 386 g/mol. The summed E-state index contributed by atoms with van der Waals surface area (Å²) in [5.41, 5.74) is 3.60. The lowest BCUT2D eigenvalue weighted by molar-refractivity contribution is -0.695. The maximum atomic E-state index is 13.2. The Morgan fingerprint density at radius 3 is 2.75 bits per heavy atom. The van der Waals surface area contributed by atoms with Crippen molar-refractivity contribution >= 4 is 39.9 Å². The first-order valence-corrected chi connectivity index (χ1v) is 11.1. The van der Waals surface area contributed by atoms with Crippen LogP contribution in [0, 0.1) is 6.92 Å². The van der Waals surface area contributed by atoms with Crippen molar-refractivity contribution in [2.45, 2.75) is 38.8 Å². The third-order valence-electron chi connectivity index (χ3n) is 5.00. The Balaban J connectivity index is 1.93. The zero-order chi connectivity index (χ0) is 19.8. The normalized spacial score (nSPS) is 16.0. The van der Waals surface area contributed by atoms with E-state index >= 15 is 0 Å². The molecule has 0 unspecified atom stereocenters. The average Bonchev–Trinajstić information content (AvgIpc) is 3.18. The number of anilines is 1. The summed E-state index contributed by atoms with van der Waals surface area (Å²) in [5, 5.41) is 1.02. The highest BCUT2D eigenvalue weighted by Crippen LogP contribution is 2.45. The number of benzene rings is 1. The monoisotopic (exact) mass is 410 g/mol. The van der Waals surface area contributed by atoms with E-state index in [2.05, 4.69) is 66.9 Å². The molecule has 0 spiro atoms. The van der Waals surface area contributed by atoms with E-state index in [0.29, 0.717) is 6.54 Å². The van der Waals surface area contributed by atoms with Crippen molar-refractivity contribution in [2.75, 3.05) is 11.9 Å². The Bertz CT molecular complexity index is 1220. The largest absolute Gasteiger partial charge is 0.337 e. The molecule has 144 valence electrons. The Kier molecular flexibility index (Phi) is 5.17. The number of fused-ring (bicyclic) bond motifs is 1. The predicted octanol–water partition coefficient (Wildman–Crippen LogP) is 2.68. The van der Waals surface area contributed by atoms with Crippen LogP contribution in [0.1, 0.15) is 25.1 Å². The van der Waals surface area contributed by atoms with Crippen LogP contribution < -0.4 is 24.2 Å². The van der Waals surface area contributed by atoms with E-state index in [-0.39, 0.29) is 5.56 Å². The van der Waals surface area contributed by atoms with E-state index in [9.17, 15) is 4.79 Å². The Morgan fingerprint density at radius 1 is 1.18 bits per heavy atom. The second-order valence-electron chi connectivity index (χ2n) is 6.81. The summed E-state index contributed by atoms with van der Waals surface area (Å²) in [6, 6.07) is 12.6. The summed E-state index contributed by atoms with van der Waals surface area (Å²) in [5.74, 6) is 0. The van der Waals surface area contributed by atoms with Crippen LogP contribution in [0.4, 0.5) is 5.69 Å². The zero-order valence-corrected chi connectivity index (χ0v) is 18.2. The van der Waals surface area contributed by atoms with Crippen LogP contribution in [0.2, 0.25) is 0 Å². The molecule has 4 nitrogen and oxygen atoms in total. The minimum atomic E-state index is 0.0941. The van der Waals surface area contributed by atoms with Crippen molar-refractivity contribution in [3.05, 3.63) is 73.4 Å². The molecule has 1 aromatic carbocycles. The maximum absolute atomic E-state index is 13.2. The van der Waals surface area contributed by atoms with E-state index in [0.717, 1.165) is 26.5 Å². The van der Waals surface area contributed by atoms with Crippen molar-refractivity contribution in [1.29, 1.82) is 0 Å². The average molecular weight is 411 g/mol. The minimum Gasteiger partial charge on any atom is -0.337 e. The summed E-state index contributed by atoms with van der Waals surface area (Å²) >= 11 is 3.27. The number of thiazole rings is 1. The van der Waals surface area contributed by atoms with Crippen LogP contribution in [-0.4, -0.2) is 11.6 Å². The van der Waals surface area contributed by atoms with Gasteiger partial charge in [-0.1, -0.05) is 17.8 Å². The van der Waals surface area contributed by atoms with Crippen LogP contribution in [0.5, 0.6) is 0 Å². The van der Waals surface area contributed by atoms with Gasteiger partial charge in [0.25, 0.3) is 5.56 Å².